The Hall–Kier alpha value is -2.90. The maximum atomic E-state index is 12.3. The number of amides is 2. The summed E-state index contributed by atoms with van der Waals surface area (Å²) in [5, 5.41) is 5.69. The Morgan fingerprint density at radius 3 is 2.37 bits per heavy atom. The number of nitrogens with one attached hydrogen (secondary N) is 2. The molecule has 8 heteroatoms. The average molecular weight is 369 g/mol. The second-order valence-corrected chi connectivity index (χ2v) is 7.12. The number of carbonyl (C=O) groups excluding carboxylic acids is 1. The molecule has 0 radical (unpaired) electrons. The van der Waals surface area contributed by atoms with E-state index in [9.17, 15) is 4.79 Å². The molecule has 0 atom stereocenters. The van der Waals surface area contributed by atoms with Gasteiger partial charge in [0.05, 0.1) is 6.54 Å². The fourth-order valence-corrected chi connectivity index (χ4v) is 3.11. The lowest BCUT2D eigenvalue weighted by Gasteiger charge is -2.19. The number of carbonyl (C=O) groups is 1. The topological polar surface area (TPSA) is 86.3 Å². The van der Waals surface area contributed by atoms with E-state index < -0.39 is 0 Å². The summed E-state index contributed by atoms with van der Waals surface area (Å²) in [6, 6.07) is 5.65. The predicted octanol–water partition coefficient (Wildman–Crippen LogP) is 2.48. The van der Waals surface area contributed by atoms with Crippen molar-refractivity contribution >= 4 is 23.6 Å². The van der Waals surface area contributed by atoms with E-state index in [0.29, 0.717) is 17.7 Å². The first-order valence-electron chi connectivity index (χ1n) is 9.21. The lowest BCUT2D eigenvalue weighted by molar-refractivity contribution is 0.251. The first-order chi connectivity index (χ1) is 12.9. The zero-order chi connectivity index (χ0) is 19.4. The maximum Gasteiger partial charge on any atom is 0.319 e. The predicted molar refractivity (Wildman–Crippen MR) is 107 cm³/mol. The van der Waals surface area contributed by atoms with Crippen LogP contribution in [0, 0.1) is 13.8 Å². The molecule has 2 N–H and O–H groups in total. The molecule has 0 spiro atoms. The molecule has 8 nitrogen and oxygen atoms in total. The zero-order valence-electron chi connectivity index (χ0n) is 16.4. The van der Waals surface area contributed by atoms with E-state index in [2.05, 4.69) is 36.6 Å². The molecule has 1 fully saturated rings. The number of hydrogen-bond acceptors (Lipinski definition) is 6. The highest BCUT2D eigenvalue weighted by Crippen LogP contribution is 2.18. The van der Waals surface area contributed by atoms with Crippen molar-refractivity contribution in [3.05, 3.63) is 35.2 Å². The van der Waals surface area contributed by atoms with Gasteiger partial charge in [-0.1, -0.05) is 6.07 Å². The molecular weight excluding hydrogens is 342 g/mol. The van der Waals surface area contributed by atoms with Crippen LogP contribution in [0.4, 0.5) is 22.4 Å². The van der Waals surface area contributed by atoms with Crippen LogP contribution in [0.25, 0.3) is 0 Å². The fourth-order valence-electron chi connectivity index (χ4n) is 3.11. The molecular formula is C19H27N7O. The largest absolute Gasteiger partial charge is 0.347 e. The Bertz CT molecular complexity index is 795. The van der Waals surface area contributed by atoms with Crippen LogP contribution >= 0.6 is 0 Å². The van der Waals surface area contributed by atoms with Crippen LogP contribution in [0.1, 0.15) is 29.8 Å². The molecule has 27 heavy (non-hydrogen) atoms. The fraction of sp³-hybridized carbons (Fsp3) is 0.474. The molecule has 3 rings (SSSR count). The summed E-state index contributed by atoms with van der Waals surface area (Å²) >= 11 is 0. The first kappa shape index (κ1) is 18.9. The molecule has 0 unspecified atom stereocenters. The third kappa shape index (κ3) is 5.06. The number of rotatable bonds is 5. The maximum absolute atomic E-state index is 12.3. The molecule has 1 aromatic heterocycles. The van der Waals surface area contributed by atoms with Gasteiger partial charge in [0.25, 0.3) is 0 Å². The van der Waals surface area contributed by atoms with Gasteiger partial charge in [-0.25, -0.2) is 4.79 Å². The molecule has 2 aromatic rings. The molecule has 2 amide bonds. The standard InChI is InChI=1S/C19H27N7O/c1-13-9-14(2)11-15(10-13)21-19(27)20-12-16-22-17(25(3)4)24-18(23-16)26-7-5-6-8-26/h9-11H,5-8,12H2,1-4H3,(H2,20,21,27). The van der Waals surface area contributed by atoms with E-state index in [1.807, 2.05) is 45.0 Å². The summed E-state index contributed by atoms with van der Waals surface area (Å²) in [6.45, 7) is 6.15. The number of anilines is 3. The van der Waals surface area contributed by atoms with Crippen LogP contribution in [0.15, 0.2) is 18.2 Å². The number of aryl methyl sites for hydroxylation is 2. The minimum atomic E-state index is -0.283. The second-order valence-electron chi connectivity index (χ2n) is 7.12. The van der Waals surface area contributed by atoms with E-state index in [0.717, 1.165) is 42.7 Å². The molecule has 1 saturated heterocycles. The van der Waals surface area contributed by atoms with Gasteiger partial charge in [-0.2, -0.15) is 15.0 Å². The minimum absolute atomic E-state index is 0.237. The summed E-state index contributed by atoms with van der Waals surface area (Å²) in [6.07, 6.45) is 2.30. The highest BCUT2D eigenvalue weighted by Gasteiger charge is 2.18. The molecule has 1 aromatic carbocycles. The quantitative estimate of drug-likeness (QED) is 0.842. The van der Waals surface area contributed by atoms with Crippen molar-refractivity contribution in [2.45, 2.75) is 33.2 Å². The smallest absolute Gasteiger partial charge is 0.319 e. The lowest BCUT2D eigenvalue weighted by Crippen LogP contribution is -2.30. The van der Waals surface area contributed by atoms with Gasteiger partial charge in [-0.15, -0.1) is 0 Å². The molecule has 144 valence electrons. The zero-order valence-corrected chi connectivity index (χ0v) is 16.4. The van der Waals surface area contributed by atoms with Crippen molar-refractivity contribution in [2.24, 2.45) is 0 Å². The molecule has 1 aliphatic heterocycles. The highest BCUT2D eigenvalue weighted by atomic mass is 16.2. The summed E-state index contributed by atoms with van der Waals surface area (Å²) < 4.78 is 0. The minimum Gasteiger partial charge on any atom is -0.347 e. The monoisotopic (exact) mass is 369 g/mol. The van der Waals surface area contributed by atoms with Gasteiger partial charge in [-0.05, 0) is 49.9 Å². The third-order valence-corrected chi connectivity index (χ3v) is 4.33. The van der Waals surface area contributed by atoms with Crippen LogP contribution < -0.4 is 20.4 Å². The van der Waals surface area contributed by atoms with Crippen LogP contribution in [0.2, 0.25) is 0 Å². The number of benzene rings is 1. The summed E-state index contributed by atoms with van der Waals surface area (Å²) in [7, 11) is 3.79. The van der Waals surface area contributed by atoms with Gasteiger partial charge >= 0.3 is 6.03 Å². The summed E-state index contributed by atoms with van der Waals surface area (Å²) in [4.78, 5) is 29.8. The number of aromatic nitrogens is 3. The van der Waals surface area contributed by atoms with Gasteiger partial charge in [0.1, 0.15) is 0 Å². The average Bonchev–Trinajstić information content (AvgIpc) is 3.13. The number of nitrogens with zero attached hydrogens (tertiary/aromatic N) is 5. The Kier molecular flexibility index (Phi) is 5.73. The van der Waals surface area contributed by atoms with Gasteiger partial charge in [0.15, 0.2) is 5.82 Å². The van der Waals surface area contributed by atoms with Gasteiger partial charge in [0, 0.05) is 32.9 Å². The van der Waals surface area contributed by atoms with Crippen molar-refractivity contribution in [1.29, 1.82) is 0 Å². The Morgan fingerprint density at radius 2 is 1.74 bits per heavy atom. The van der Waals surface area contributed by atoms with Crippen molar-refractivity contribution < 1.29 is 4.79 Å². The van der Waals surface area contributed by atoms with Crippen molar-refractivity contribution in [2.75, 3.05) is 42.3 Å². The molecule has 1 aliphatic rings. The Balaban J connectivity index is 1.68. The van der Waals surface area contributed by atoms with Gasteiger partial charge in [-0.3, -0.25) is 0 Å². The van der Waals surface area contributed by atoms with E-state index in [1.165, 1.54) is 0 Å². The first-order valence-corrected chi connectivity index (χ1v) is 9.21. The SMILES string of the molecule is Cc1cc(C)cc(NC(=O)NCc2nc(N(C)C)nc(N3CCCC3)n2)c1. The van der Waals surface area contributed by atoms with Crippen molar-refractivity contribution in [3.63, 3.8) is 0 Å². The van der Waals surface area contributed by atoms with Crippen molar-refractivity contribution in [1.82, 2.24) is 20.3 Å². The molecule has 0 bridgehead atoms. The normalized spacial score (nSPS) is 13.6. The summed E-state index contributed by atoms with van der Waals surface area (Å²) in [5.74, 6) is 1.82. The molecule has 0 saturated carbocycles. The second kappa shape index (κ2) is 8.20. The van der Waals surface area contributed by atoms with Gasteiger partial charge in [0.2, 0.25) is 11.9 Å². The Labute approximate surface area is 160 Å². The lowest BCUT2D eigenvalue weighted by atomic mass is 10.1. The number of hydrogen-bond donors (Lipinski definition) is 2. The Morgan fingerprint density at radius 1 is 1.07 bits per heavy atom. The van der Waals surface area contributed by atoms with E-state index in [1.54, 1.807) is 0 Å². The van der Waals surface area contributed by atoms with E-state index in [-0.39, 0.29) is 12.6 Å². The van der Waals surface area contributed by atoms with Crippen LogP contribution in [0.3, 0.4) is 0 Å². The number of urea groups is 1. The van der Waals surface area contributed by atoms with Crippen LogP contribution in [-0.2, 0) is 6.54 Å². The van der Waals surface area contributed by atoms with E-state index in [4.69, 9.17) is 0 Å². The third-order valence-electron chi connectivity index (χ3n) is 4.33. The van der Waals surface area contributed by atoms with Crippen LogP contribution in [0.5, 0.6) is 0 Å². The van der Waals surface area contributed by atoms with E-state index >= 15 is 0 Å². The van der Waals surface area contributed by atoms with Crippen LogP contribution in [-0.4, -0.2) is 48.2 Å². The highest BCUT2D eigenvalue weighted by molar-refractivity contribution is 5.89. The van der Waals surface area contributed by atoms with Gasteiger partial charge < -0.3 is 20.4 Å². The molecule has 2 heterocycles. The van der Waals surface area contributed by atoms with Crippen molar-refractivity contribution in [3.8, 4) is 0 Å². The molecule has 0 aliphatic carbocycles. The summed E-state index contributed by atoms with van der Waals surface area (Å²) in [5.41, 5.74) is 2.98.